The second-order valence-electron chi connectivity index (χ2n) is 6.79. The molecule has 140 valence electrons. The summed E-state index contributed by atoms with van der Waals surface area (Å²) in [7, 11) is 0.583. The van der Waals surface area contributed by atoms with Gasteiger partial charge in [-0.25, -0.2) is 0 Å². The van der Waals surface area contributed by atoms with Crippen LogP contribution in [0.4, 0.5) is 0 Å². The van der Waals surface area contributed by atoms with Gasteiger partial charge in [0.2, 0.25) is 0 Å². The molecule has 0 aliphatic heterocycles. The van der Waals surface area contributed by atoms with E-state index >= 15 is 0 Å². The highest BCUT2D eigenvalue weighted by Gasteiger charge is 2.11. The minimum absolute atomic E-state index is 0.583. The summed E-state index contributed by atoms with van der Waals surface area (Å²) >= 11 is 0. The zero-order chi connectivity index (χ0) is 19.1. The molecule has 0 aliphatic carbocycles. The van der Waals surface area contributed by atoms with Crippen molar-refractivity contribution in [3.05, 3.63) is 89.0 Å². The summed E-state index contributed by atoms with van der Waals surface area (Å²) in [5, 5.41) is 6.16. The number of rotatable bonds is 8. The predicted octanol–water partition coefficient (Wildman–Crippen LogP) is 4.62. The largest absolute Gasteiger partial charge is 0.488 e. The Balaban J connectivity index is 1.85. The third-order valence-electron chi connectivity index (χ3n) is 4.56. The zero-order valence-electron chi connectivity index (χ0n) is 16.4. The molecule has 3 aromatic carbocycles. The van der Waals surface area contributed by atoms with E-state index in [-0.39, 0.29) is 0 Å². The molecule has 0 aromatic heterocycles. The van der Waals surface area contributed by atoms with Gasteiger partial charge in [-0.2, -0.15) is 0 Å². The lowest BCUT2D eigenvalue weighted by molar-refractivity contribution is 0.309. The Morgan fingerprint density at radius 2 is 1.74 bits per heavy atom. The number of ether oxygens (including phenoxy) is 1. The Morgan fingerprint density at radius 3 is 2.52 bits per heavy atom. The minimum Gasteiger partial charge on any atom is -0.488 e. The molecule has 0 amide bonds. The molecule has 0 heterocycles. The van der Waals surface area contributed by atoms with Crippen LogP contribution in [0.15, 0.2) is 66.7 Å². The molecule has 27 heavy (non-hydrogen) atoms. The summed E-state index contributed by atoms with van der Waals surface area (Å²) in [6.45, 7) is 8.98. The van der Waals surface area contributed by atoms with Crippen molar-refractivity contribution in [3.63, 3.8) is 0 Å². The van der Waals surface area contributed by atoms with Crippen molar-refractivity contribution in [2.45, 2.75) is 33.9 Å². The van der Waals surface area contributed by atoms with Crippen LogP contribution in [0.2, 0.25) is 0 Å². The summed E-state index contributed by atoms with van der Waals surface area (Å²) < 4.78 is 6.20. The first kappa shape index (κ1) is 19.6. The van der Waals surface area contributed by atoms with Crippen LogP contribution >= 0.6 is 8.58 Å². The van der Waals surface area contributed by atoms with Gasteiger partial charge in [-0.1, -0.05) is 75.7 Å². The predicted molar refractivity (Wildman–Crippen MR) is 118 cm³/mol. The highest BCUT2D eigenvalue weighted by molar-refractivity contribution is 7.56. The number of hydrogen-bond donors (Lipinski definition) is 1. The summed E-state index contributed by atoms with van der Waals surface area (Å²) in [6.07, 6.45) is 0. The normalized spacial score (nSPS) is 11.2. The molecule has 0 bridgehead atoms. The van der Waals surface area contributed by atoms with Crippen LogP contribution in [0.5, 0.6) is 5.75 Å². The van der Waals surface area contributed by atoms with Gasteiger partial charge in [0.05, 0.1) is 0 Å². The van der Waals surface area contributed by atoms with Gasteiger partial charge in [-0.15, -0.1) is 0 Å². The van der Waals surface area contributed by atoms with Gasteiger partial charge in [0.15, 0.2) is 0 Å². The maximum atomic E-state index is 6.20. The number of aryl methyl sites for hydroxylation is 2. The fourth-order valence-corrected chi connectivity index (χ4v) is 4.51. The SMILES string of the molecule is CCNCc1cccc(C)c1Pc1cc(C)ccc1OCc1ccccc1. The maximum absolute atomic E-state index is 6.20. The van der Waals surface area contributed by atoms with Crippen LogP contribution < -0.4 is 20.7 Å². The average Bonchev–Trinajstić information content (AvgIpc) is 2.68. The second-order valence-corrected chi connectivity index (χ2v) is 8.08. The first-order valence-corrected chi connectivity index (χ1v) is 10.5. The smallest absolute Gasteiger partial charge is 0.127 e. The van der Waals surface area contributed by atoms with Crippen LogP contribution in [0.25, 0.3) is 0 Å². The Kier molecular flexibility index (Phi) is 7.04. The van der Waals surface area contributed by atoms with E-state index in [1.807, 2.05) is 6.07 Å². The zero-order valence-corrected chi connectivity index (χ0v) is 17.4. The molecule has 1 atom stereocenters. The van der Waals surface area contributed by atoms with Gasteiger partial charge in [0.1, 0.15) is 12.4 Å². The van der Waals surface area contributed by atoms with Gasteiger partial charge >= 0.3 is 0 Å². The van der Waals surface area contributed by atoms with Crippen LogP contribution in [0.3, 0.4) is 0 Å². The molecule has 0 saturated carbocycles. The first-order chi connectivity index (χ1) is 13.2. The quantitative estimate of drug-likeness (QED) is 0.579. The van der Waals surface area contributed by atoms with Crippen molar-refractivity contribution in [2.75, 3.05) is 6.54 Å². The van der Waals surface area contributed by atoms with E-state index in [9.17, 15) is 0 Å². The summed E-state index contributed by atoms with van der Waals surface area (Å²) in [5.41, 5.74) is 5.19. The maximum Gasteiger partial charge on any atom is 0.127 e. The van der Waals surface area contributed by atoms with Crippen molar-refractivity contribution in [1.82, 2.24) is 5.32 Å². The lowest BCUT2D eigenvalue weighted by Crippen LogP contribution is -2.20. The van der Waals surface area contributed by atoms with Gasteiger partial charge in [0.25, 0.3) is 0 Å². The molecular weight excluding hydrogens is 349 g/mol. The van der Waals surface area contributed by atoms with Crippen LogP contribution in [0.1, 0.15) is 29.2 Å². The molecule has 1 N–H and O–H groups in total. The molecular formula is C24H28NOP. The minimum atomic E-state index is 0.583. The summed E-state index contributed by atoms with van der Waals surface area (Å²) in [5.74, 6) is 0.987. The first-order valence-electron chi connectivity index (χ1n) is 9.51. The fourth-order valence-electron chi connectivity index (χ4n) is 3.05. The molecule has 0 spiro atoms. The highest BCUT2D eigenvalue weighted by Crippen LogP contribution is 2.24. The number of hydrogen-bond acceptors (Lipinski definition) is 2. The van der Waals surface area contributed by atoms with E-state index in [0.717, 1.165) is 18.8 Å². The molecule has 0 fully saturated rings. The lowest BCUT2D eigenvalue weighted by atomic mass is 10.1. The lowest BCUT2D eigenvalue weighted by Gasteiger charge is -2.17. The van der Waals surface area contributed by atoms with Gasteiger partial charge in [-0.05, 0) is 54.5 Å². The van der Waals surface area contributed by atoms with Crippen LogP contribution in [0, 0.1) is 13.8 Å². The monoisotopic (exact) mass is 377 g/mol. The third kappa shape index (κ3) is 5.42. The molecule has 1 unspecified atom stereocenters. The van der Waals surface area contributed by atoms with Gasteiger partial charge < -0.3 is 10.1 Å². The van der Waals surface area contributed by atoms with E-state index in [1.165, 1.54) is 32.9 Å². The molecule has 2 nitrogen and oxygen atoms in total. The van der Waals surface area contributed by atoms with E-state index in [4.69, 9.17) is 4.74 Å². The van der Waals surface area contributed by atoms with Crippen molar-refractivity contribution in [3.8, 4) is 5.75 Å². The Labute approximate surface area is 164 Å². The molecule has 0 radical (unpaired) electrons. The third-order valence-corrected chi connectivity index (χ3v) is 6.18. The fraction of sp³-hybridized carbons (Fsp3) is 0.250. The van der Waals surface area contributed by atoms with Gasteiger partial charge in [0, 0.05) is 11.8 Å². The Hall–Kier alpha value is -2.15. The van der Waals surface area contributed by atoms with Crippen molar-refractivity contribution in [1.29, 1.82) is 0 Å². The molecule has 3 heteroatoms. The molecule has 3 aromatic rings. The van der Waals surface area contributed by atoms with Crippen molar-refractivity contribution >= 4 is 19.2 Å². The molecule has 0 aliphatic rings. The molecule has 3 rings (SSSR count). The number of benzene rings is 3. The number of nitrogens with one attached hydrogen (secondary N) is 1. The Bertz CT molecular complexity index is 877. The van der Waals surface area contributed by atoms with E-state index in [1.54, 1.807) is 0 Å². The van der Waals surface area contributed by atoms with Crippen molar-refractivity contribution in [2.24, 2.45) is 0 Å². The van der Waals surface area contributed by atoms with Crippen molar-refractivity contribution < 1.29 is 4.74 Å². The van der Waals surface area contributed by atoms with Crippen LogP contribution in [-0.4, -0.2) is 6.54 Å². The molecule has 0 saturated heterocycles. The highest BCUT2D eigenvalue weighted by atomic mass is 31.1. The second kappa shape index (κ2) is 9.69. The Morgan fingerprint density at radius 1 is 0.926 bits per heavy atom. The summed E-state index contributed by atoms with van der Waals surface area (Å²) in [4.78, 5) is 0. The van der Waals surface area contributed by atoms with E-state index in [2.05, 4.69) is 86.8 Å². The van der Waals surface area contributed by atoms with E-state index < -0.39 is 0 Å². The van der Waals surface area contributed by atoms with E-state index in [0.29, 0.717) is 15.2 Å². The topological polar surface area (TPSA) is 21.3 Å². The van der Waals surface area contributed by atoms with Crippen LogP contribution in [-0.2, 0) is 13.2 Å². The van der Waals surface area contributed by atoms with Gasteiger partial charge in [-0.3, -0.25) is 0 Å². The average molecular weight is 377 g/mol. The standard InChI is InChI=1S/C24H28NOP/c1-4-25-16-21-12-8-9-19(3)24(21)27-23-15-18(2)13-14-22(23)26-17-20-10-6-5-7-11-20/h5-15,25,27H,4,16-17H2,1-3H3. The summed E-state index contributed by atoms with van der Waals surface area (Å²) in [6, 6.07) is 23.4.